The largest absolute Gasteiger partial charge is 0.486 e. The number of hydrogen-bond acceptors (Lipinski definition) is 5. The maximum atomic E-state index is 5.74. The maximum absolute atomic E-state index is 5.74. The van der Waals surface area contributed by atoms with Crippen LogP contribution in [0.1, 0.15) is 45.6 Å². The van der Waals surface area contributed by atoms with Gasteiger partial charge in [-0.2, -0.15) is 0 Å². The molecule has 176 valence electrons. The number of aliphatic imine (C=N–C) groups is 1. The van der Waals surface area contributed by atoms with Crippen LogP contribution in [0.15, 0.2) is 23.2 Å². The van der Waals surface area contributed by atoms with Crippen molar-refractivity contribution in [3.8, 4) is 11.5 Å². The lowest BCUT2D eigenvalue weighted by atomic mass is 9.84. The Kier molecular flexibility index (Phi) is 11.2. The van der Waals surface area contributed by atoms with E-state index in [1.807, 2.05) is 6.07 Å². The third-order valence-corrected chi connectivity index (χ3v) is 5.39. The lowest BCUT2D eigenvalue weighted by Gasteiger charge is -2.26. The molecule has 0 spiro atoms. The van der Waals surface area contributed by atoms with Gasteiger partial charge in [0.25, 0.3) is 0 Å². The minimum Gasteiger partial charge on any atom is -0.486 e. The van der Waals surface area contributed by atoms with Crippen molar-refractivity contribution in [2.75, 3.05) is 52.7 Å². The zero-order valence-corrected chi connectivity index (χ0v) is 21.4. The van der Waals surface area contributed by atoms with E-state index >= 15 is 0 Å². The second-order valence-electron chi connectivity index (χ2n) is 8.43. The predicted molar refractivity (Wildman–Crippen MR) is 134 cm³/mol. The number of guanidine groups is 1. The van der Waals surface area contributed by atoms with E-state index in [0.29, 0.717) is 32.5 Å². The number of nitrogens with zero attached hydrogens (tertiary/aromatic N) is 1. The molecule has 7 nitrogen and oxygen atoms in total. The summed E-state index contributed by atoms with van der Waals surface area (Å²) in [6.45, 7) is 12.3. The molecule has 1 unspecified atom stereocenters. The van der Waals surface area contributed by atoms with E-state index in [9.17, 15) is 0 Å². The standard InChI is InChI=1S/C23H37N3O4.HI/c1-4-24-22(25-10-6-11-27-16-19-7-5-12-28-19)26-17-23(2,3)18-8-9-20-21(15-18)30-14-13-29-20;/h8-9,15,19H,4-7,10-14,16-17H2,1-3H3,(H2,24,25,26);1H. The molecule has 0 aromatic heterocycles. The second-order valence-corrected chi connectivity index (χ2v) is 8.43. The molecule has 1 fully saturated rings. The van der Waals surface area contributed by atoms with Crippen molar-refractivity contribution in [2.24, 2.45) is 4.99 Å². The Balaban J connectivity index is 0.00000341. The number of rotatable bonds is 10. The minimum atomic E-state index is -0.122. The molecule has 31 heavy (non-hydrogen) atoms. The van der Waals surface area contributed by atoms with Gasteiger partial charge in [0.15, 0.2) is 17.5 Å². The van der Waals surface area contributed by atoms with E-state index in [4.69, 9.17) is 23.9 Å². The lowest BCUT2D eigenvalue weighted by Crippen LogP contribution is -2.39. The molecule has 1 saturated heterocycles. The molecule has 1 aromatic rings. The molecule has 3 rings (SSSR count). The van der Waals surface area contributed by atoms with Gasteiger partial charge >= 0.3 is 0 Å². The first-order chi connectivity index (χ1) is 14.6. The summed E-state index contributed by atoms with van der Waals surface area (Å²) in [4.78, 5) is 4.82. The zero-order valence-electron chi connectivity index (χ0n) is 19.1. The highest BCUT2D eigenvalue weighted by molar-refractivity contribution is 14.0. The second kappa shape index (κ2) is 13.3. The van der Waals surface area contributed by atoms with Gasteiger partial charge in [0.2, 0.25) is 0 Å². The number of halogens is 1. The van der Waals surface area contributed by atoms with E-state index in [1.165, 1.54) is 5.56 Å². The number of fused-ring (bicyclic) bond motifs is 1. The molecule has 0 aliphatic carbocycles. The van der Waals surface area contributed by atoms with E-state index in [0.717, 1.165) is 63.0 Å². The van der Waals surface area contributed by atoms with Gasteiger partial charge in [-0.15, -0.1) is 24.0 Å². The van der Waals surface area contributed by atoms with Gasteiger partial charge in [-0.25, -0.2) is 0 Å². The molecular formula is C23H38IN3O4. The summed E-state index contributed by atoms with van der Waals surface area (Å²) in [5, 5.41) is 6.73. The van der Waals surface area contributed by atoms with Crippen molar-refractivity contribution in [1.82, 2.24) is 10.6 Å². The highest BCUT2D eigenvalue weighted by Gasteiger charge is 2.23. The molecule has 2 N–H and O–H groups in total. The van der Waals surface area contributed by atoms with Crippen molar-refractivity contribution in [3.63, 3.8) is 0 Å². The molecular weight excluding hydrogens is 509 g/mol. The first-order valence-corrected chi connectivity index (χ1v) is 11.2. The molecule has 1 atom stereocenters. The topological polar surface area (TPSA) is 73.3 Å². The van der Waals surface area contributed by atoms with Crippen LogP contribution < -0.4 is 20.1 Å². The van der Waals surface area contributed by atoms with Crippen LogP contribution >= 0.6 is 24.0 Å². The lowest BCUT2D eigenvalue weighted by molar-refractivity contribution is 0.0168. The fraction of sp³-hybridized carbons (Fsp3) is 0.696. The number of hydrogen-bond donors (Lipinski definition) is 2. The average Bonchev–Trinajstić information content (AvgIpc) is 3.27. The van der Waals surface area contributed by atoms with E-state index < -0.39 is 0 Å². The predicted octanol–water partition coefficient (Wildman–Crippen LogP) is 3.49. The third-order valence-electron chi connectivity index (χ3n) is 5.39. The van der Waals surface area contributed by atoms with Crippen LogP contribution in [0, 0.1) is 0 Å². The van der Waals surface area contributed by atoms with Crippen molar-refractivity contribution >= 4 is 29.9 Å². The van der Waals surface area contributed by atoms with E-state index in [-0.39, 0.29) is 29.4 Å². The Hall–Kier alpha value is -1.26. The molecule has 0 amide bonds. The fourth-order valence-electron chi connectivity index (χ4n) is 3.55. The van der Waals surface area contributed by atoms with E-state index in [2.05, 4.69) is 43.5 Å². The summed E-state index contributed by atoms with van der Waals surface area (Å²) < 4.78 is 22.7. The van der Waals surface area contributed by atoms with Crippen molar-refractivity contribution < 1.29 is 18.9 Å². The molecule has 0 radical (unpaired) electrons. The molecule has 2 aliphatic heterocycles. The Labute approximate surface area is 203 Å². The van der Waals surface area contributed by atoms with Crippen LogP contribution in [0.2, 0.25) is 0 Å². The van der Waals surface area contributed by atoms with Crippen LogP contribution in [-0.4, -0.2) is 64.7 Å². The summed E-state index contributed by atoms with van der Waals surface area (Å²) in [5.41, 5.74) is 1.07. The van der Waals surface area contributed by atoms with Crippen LogP contribution in [-0.2, 0) is 14.9 Å². The first-order valence-electron chi connectivity index (χ1n) is 11.2. The number of ether oxygens (including phenoxy) is 4. The quantitative estimate of drug-likeness (QED) is 0.202. The maximum Gasteiger partial charge on any atom is 0.191 e. The van der Waals surface area contributed by atoms with Crippen LogP contribution in [0.4, 0.5) is 0 Å². The Morgan fingerprint density at radius 3 is 2.71 bits per heavy atom. The van der Waals surface area contributed by atoms with Gasteiger partial charge in [-0.3, -0.25) is 4.99 Å². The molecule has 8 heteroatoms. The third kappa shape index (κ3) is 8.31. The Bertz CT molecular complexity index is 693. The molecule has 0 bridgehead atoms. The molecule has 0 saturated carbocycles. The van der Waals surface area contributed by atoms with Gasteiger partial charge in [0.1, 0.15) is 13.2 Å². The monoisotopic (exact) mass is 547 g/mol. The first kappa shape index (κ1) is 26.0. The SMILES string of the molecule is CCNC(=NCC(C)(C)c1ccc2c(c1)OCCO2)NCCCOCC1CCCO1.I. The van der Waals surface area contributed by atoms with Gasteiger partial charge in [-0.05, 0) is 43.9 Å². The normalized spacial score (nSPS) is 18.4. The highest BCUT2D eigenvalue weighted by Crippen LogP contribution is 2.35. The van der Waals surface area contributed by atoms with Crippen LogP contribution in [0.3, 0.4) is 0 Å². The zero-order chi connectivity index (χ0) is 21.2. The molecule has 2 heterocycles. The highest BCUT2D eigenvalue weighted by atomic mass is 127. The van der Waals surface area contributed by atoms with Crippen LogP contribution in [0.5, 0.6) is 11.5 Å². The Morgan fingerprint density at radius 2 is 1.97 bits per heavy atom. The van der Waals surface area contributed by atoms with Crippen molar-refractivity contribution in [3.05, 3.63) is 23.8 Å². The van der Waals surface area contributed by atoms with E-state index in [1.54, 1.807) is 0 Å². The van der Waals surface area contributed by atoms with Crippen LogP contribution in [0.25, 0.3) is 0 Å². The number of benzene rings is 1. The summed E-state index contributed by atoms with van der Waals surface area (Å²) in [5.74, 6) is 2.48. The molecule has 1 aromatic carbocycles. The summed E-state index contributed by atoms with van der Waals surface area (Å²) >= 11 is 0. The smallest absolute Gasteiger partial charge is 0.191 e. The van der Waals surface area contributed by atoms with Gasteiger partial charge < -0.3 is 29.6 Å². The summed E-state index contributed by atoms with van der Waals surface area (Å²) in [7, 11) is 0. The van der Waals surface area contributed by atoms with Gasteiger partial charge in [0.05, 0.1) is 19.3 Å². The minimum absolute atomic E-state index is 0. The average molecular weight is 547 g/mol. The van der Waals surface area contributed by atoms with Gasteiger partial charge in [-0.1, -0.05) is 19.9 Å². The Morgan fingerprint density at radius 1 is 1.16 bits per heavy atom. The number of nitrogens with one attached hydrogen (secondary N) is 2. The summed E-state index contributed by atoms with van der Waals surface area (Å²) in [6.07, 6.45) is 3.50. The summed E-state index contributed by atoms with van der Waals surface area (Å²) in [6, 6.07) is 6.18. The van der Waals surface area contributed by atoms with Gasteiger partial charge in [0, 0.05) is 31.7 Å². The van der Waals surface area contributed by atoms with Crippen molar-refractivity contribution in [2.45, 2.75) is 51.6 Å². The molecule has 2 aliphatic rings. The fourth-order valence-corrected chi connectivity index (χ4v) is 3.55. The van der Waals surface area contributed by atoms with Crippen molar-refractivity contribution in [1.29, 1.82) is 0 Å².